The third-order valence-corrected chi connectivity index (χ3v) is 3.24. The number of rotatable bonds is 4. The fraction of sp³-hybridized carbons (Fsp3) is 0.462. The van der Waals surface area contributed by atoms with Crippen LogP contribution in [0.3, 0.4) is 0 Å². The molecule has 1 heterocycles. The monoisotopic (exact) mass is 236 g/mol. The summed E-state index contributed by atoms with van der Waals surface area (Å²) in [6.45, 7) is 1.25. The molecule has 1 aliphatic heterocycles. The second-order valence-electron chi connectivity index (χ2n) is 4.56. The normalized spacial score (nSPS) is 20.6. The molecule has 17 heavy (non-hydrogen) atoms. The number of hydrogen-bond donors (Lipinski definition) is 1. The Morgan fingerprint density at radius 1 is 1.41 bits per heavy atom. The Hall–Kier alpha value is -1.42. The predicted molar refractivity (Wildman–Crippen MR) is 63.9 cm³/mol. The van der Waals surface area contributed by atoms with E-state index >= 15 is 0 Å². The SMILES string of the molecule is NC(=O)CN1CCC[C@H]1Cc1ccc(F)cc1. The summed E-state index contributed by atoms with van der Waals surface area (Å²) in [5.41, 5.74) is 6.32. The smallest absolute Gasteiger partial charge is 0.231 e. The number of amides is 1. The van der Waals surface area contributed by atoms with Crippen LogP contribution in [0.2, 0.25) is 0 Å². The van der Waals surface area contributed by atoms with Crippen molar-refractivity contribution in [1.29, 1.82) is 0 Å². The lowest BCUT2D eigenvalue weighted by molar-refractivity contribution is -0.119. The highest BCUT2D eigenvalue weighted by atomic mass is 19.1. The largest absolute Gasteiger partial charge is 0.369 e. The summed E-state index contributed by atoms with van der Waals surface area (Å²) in [6.07, 6.45) is 3.03. The van der Waals surface area contributed by atoms with Gasteiger partial charge in [0, 0.05) is 6.04 Å². The average Bonchev–Trinajstić information content (AvgIpc) is 2.68. The van der Waals surface area contributed by atoms with Gasteiger partial charge in [-0.15, -0.1) is 0 Å². The summed E-state index contributed by atoms with van der Waals surface area (Å²) in [4.78, 5) is 13.0. The molecule has 1 aromatic rings. The lowest BCUT2D eigenvalue weighted by atomic mass is 10.0. The molecule has 0 aromatic heterocycles. The van der Waals surface area contributed by atoms with Crippen LogP contribution in [0.5, 0.6) is 0 Å². The molecule has 1 aliphatic rings. The standard InChI is InChI=1S/C13H17FN2O/c14-11-5-3-10(4-6-11)8-12-2-1-7-16(12)9-13(15)17/h3-6,12H,1-2,7-9H2,(H2,15,17)/t12-/m0/s1. The van der Waals surface area contributed by atoms with Gasteiger partial charge in [-0.2, -0.15) is 0 Å². The van der Waals surface area contributed by atoms with Gasteiger partial charge < -0.3 is 5.73 Å². The first-order chi connectivity index (χ1) is 8.15. The van der Waals surface area contributed by atoms with Crippen molar-refractivity contribution in [3.63, 3.8) is 0 Å². The summed E-state index contributed by atoms with van der Waals surface area (Å²) >= 11 is 0. The van der Waals surface area contributed by atoms with E-state index in [0.717, 1.165) is 31.4 Å². The van der Waals surface area contributed by atoms with Crippen molar-refractivity contribution in [3.8, 4) is 0 Å². The number of nitrogens with two attached hydrogens (primary N) is 1. The van der Waals surface area contributed by atoms with E-state index < -0.39 is 0 Å². The molecule has 3 nitrogen and oxygen atoms in total. The van der Waals surface area contributed by atoms with Crippen molar-refractivity contribution in [2.24, 2.45) is 5.73 Å². The van der Waals surface area contributed by atoms with Gasteiger partial charge in [-0.1, -0.05) is 12.1 Å². The zero-order valence-corrected chi connectivity index (χ0v) is 9.73. The third kappa shape index (κ3) is 3.27. The number of primary amides is 1. The topological polar surface area (TPSA) is 46.3 Å². The van der Waals surface area contributed by atoms with E-state index in [9.17, 15) is 9.18 Å². The number of hydrogen-bond acceptors (Lipinski definition) is 2. The van der Waals surface area contributed by atoms with Gasteiger partial charge in [-0.3, -0.25) is 9.69 Å². The molecular formula is C13H17FN2O. The van der Waals surface area contributed by atoms with Gasteiger partial charge in [-0.25, -0.2) is 4.39 Å². The Morgan fingerprint density at radius 3 is 2.76 bits per heavy atom. The quantitative estimate of drug-likeness (QED) is 0.857. The summed E-state index contributed by atoms with van der Waals surface area (Å²) in [5.74, 6) is -0.495. The first-order valence-electron chi connectivity index (χ1n) is 5.92. The Morgan fingerprint density at radius 2 is 2.12 bits per heavy atom. The van der Waals surface area contributed by atoms with Gasteiger partial charge in [0.1, 0.15) is 5.82 Å². The summed E-state index contributed by atoms with van der Waals surface area (Å²) in [5, 5.41) is 0. The summed E-state index contributed by atoms with van der Waals surface area (Å²) in [7, 11) is 0. The minimum Gasteiger partial charge on any atom is -0.369 e. The molecule has 4 heteroatoms. The van der Waals surface area contributed by atoms with Crippen LogP contribution < -0.4 is 5.73 Å². The molecule has 92 valence electrons. The van der Waals surface area contributed by atoms with E-state index in [4.69, 9.17) is 5.73 Å². The molecule has 1 aromatic carbocycles. The molecule has 0 aliphatic carbocycles. The minimum atomic E-state index is -0.281. The molecule has 0 bridgehead atoms. The first-order valence-corrected chi connectivity index (χ1v) is 5.92. The van der Waals surface area contributed by atoms with Gasteiger partial charge in [0.15, 0.2) is 0 Å². The number of carbonyl (C=O) groups excluding carboxylic acids is 1. The van der Waals surface area contributed by atoms with E-state index in [1.807, 2.05) is 0 Å². The molecule has 2 N–H and O–H groups in total. The number of nitrogens with zero attached hydrogens (tertiary/aromatic N) is 1. The predicted octanol–water partition coefficient (Wildman–Crippen LogP) is 1.32. The van der Waals surface area contributed by atoms with E-state index in [2.05, 4.69) is 4.90 Å². The Balaban J connectivity index is 1.97. The number of benzene rings is 1. The zero-order chi connectivity index (χ0) is 12.3. The molecule has 1 saturated heterocycles. The highest BCUT2D eigenvalue weighted by Gasteiger charge is 2.25. The highest BCUT2D eigenvalue weighted by Crippen LogP contribution is 2.20. The minimum absolute atomic E-state index is 0.214. The number of carbonyl (C=O) groups is 1. The third-order valence-electron chi connectivity index (χ3n) is 3.24. The fourth-order valence-corrected chi connectivity index (χ4v) is 2.43. The summed E-state index contributed by atoms with van der Waals surface area (Å²) < 4.78 is 12.8. The molecular weight excluding hydrogens is 219 g/mol. The van der Waals surface area contributed by atoms with Crippen molar-refractivity contribution in [1.82, 2.24) is 4.90 Å². The van der Waals surface area contributed by atoms with E-state index in [0.29, 0.717) is 12.6 Å². The molecule has 0 unspecified atom stereocenters. The van der Waals surface area contributed by atoms with Gasteiger partial charge in [0.05, 0.1) is 6.54 Å². The van der Waals surface area contributed by atoms with Crippen molar-refractivity contribution in [2.75, 3.05) is 13.1 Å². The van der Waals surface area contributed by atoms with E-state index in [1.54, 1.807) is 12.1 Å². The second-order valence-corrected chi connectivity index (χ2v) is 4.56. The van der Waals surface area contributed by atoms with Gasteiger partial charge in [0.2, 0.25) is 5.91 Å². The molecule has 0 radical (unpaired) electrons. The van der Waals surface area contributed by atoms with Crippen LogP contribution in [-0.4, -0.2) is 29.9 Å². The first kappa shape index (κ1) is 12.0. The molecule has 0 spiro atoms. The van der Waals surface area contributed by atoms with Crippen LogP contribution in [0.25, 0.3) is 0 Å². The lowest BCUT2D eigenvalue weighted by Gasteiger charge is -2.22. The maximum absolute atomic E-state index is 12.8. The maximum Gasteiger partial charge on any atom is 0.231 e. The van der Waals surface area contributed by atoms with Gasteiger partial charge in [0.25, 0.3) is 0 Å². The molecule has 1 amide bonds. The lowest BCUT2D eigenvalue weighted by Crippen LogP contribution is -2.38. The van der Waals surface area contributed by atoms with Gasteiger partial charge >= 0.3 is 0 Å². The molecule has 0 saturated carbocycles. The highest BCUT2D eigenvalue weighted by molar-refractivity contribution is 5.76. The second kappa shape index (κ2) is 5.27. The van der Waals surface area contributed by atoms with Crippen molar-refractivity contribution in [3.05, 3.63) is 35.6 Å². The van der Waals surface area contributed by atoms with Gasteiger partial charge in [-0.05, 0) is 43.5 Å². The van der Waals surface area contributed by atoms with E-state index in [1.165, 1.54) is 12.1 Å². The molecule has 1 fully saturated rings. The number of halogens is 1. The van der Waals surface area contributed by atoms with Crippen LogP contribution >= 0.6 is 0 Å². The van der Waals surface area contributed by atoms with Crippen molar-refractivity contribution < 1.29 is 9.18 Å². The zero-order valence-electron chi connectivity index (χ0n) is 9.73. The number of likely N-dealkylation sites (tertiary alicyclic amines) is 1. The Bertz CT molecular complexity index is 391. The molecule has 2 rings (SSSR count). The van der Waals surface area contributed by atoms with Crippen LogP contribution in [-0.2, 0) is 11.2 Å². The summed E-state index contributed by atoms with van der Waals surface area (Å²) in [6, 6.07) is 6.91. The Kier molecular flexibility index (Phi) is 3.74. The van der Waals surface area contributed by atoms with Crippen LogP contribution in [0, 0.1) is 5.82 Å². The average molecular weight is 236 g/mol. The molecule has 1 atom stereocenters. The maximum atomic E-state index is 12.8. The Labute approximate surface area is 100 Å². The fourth-order valence-electron chi connectivity index (χ4n) is 2.43. The van der Waals surface area contributed by atoms with Crippen molar-refractivity contribution in [2.45, 2.75) is 25.3 Å². The van der Waals surface area contributed by atoms with Crippen LogP contribution in [0.15, 0.2) is 24.3 Å². The van der Waals surface area contributed by atoms with Crippen LogP contribution in [0.1, 0.15) is 18.4 Å². The van der Waals surface area contributed by atoms with Crippen molar-refractivity contribution >= 4 is 5.91 Å². The van der Waals surface area contributed by atoms with E-state index in [-0.39, 0.29) is 11.7 Å². The van der Waals surface area contributed by atoms with Crippen LogP contribution in [0.4, 0.5) is 4.39 Å².